The number of carbonyl (C=O) groups excluding carboxylic acids is 2. The summed E-state index contributed by atoms with van der Waals surface area (Å²) < 4.78 is 4.49. The van der Waals surface area contributed by atoms with E-state index in [1.807, 2.05) is 0 Å². The predicted octanol–water partition coefficient (Wildman–Crippen LogP) is 1.85. The highest BCUT2D eigenvalue weighted by atomic mass is 35.5. The Hall–Kier alpha value is -0.770. The van der Waals surface area contributed by atoms with E-state index in [1.165, 1.54) is 20.0 Å². The molecule has 0 heterocycles. The molecule has 5 heteroatoms. The molecule has 0 aromatic carbocycles. The number of hydrogen-bond acceptors (Lipinski definition) is 3. The first-order valence-corrected chi connectivity index (χ1v) is 6.58. The average molecular weight is 262 g/mol. The molecule has 1 fully saturated rings. The summed E-state index contributed by atoms with van der Waals surface area (Å²) >= 11 is 5.76. The quantitative estimate of drug-likeness (QED) is 0.477. The number of amides is 1. The monoisotopic (exact) mass is 261 g/mol. The van der Waals surface area contributed by atoms with Crippen molar-refractivity contribution in [1.82, 2.24) is 5.32 Å². The smallest absolute Gasteiger partial charge is 0.325 e. The second-order valence-corrected chi connectivity index (χ2v) is 4.95. The second-order valence-electron chi connectivity index (χ2n) is 4.42. The maximum atomic E-state index is 11.8. The molecule has 17 heavy (non-hydrogen) atoms. The van der Waals surface area contributed by atoms with Gasteiger partial charge in [0.25, 0.3) is 0 Å². The van der Waals surface area contributed by atoms with Crippen LogP contribution in [-0.2, 0) is 14.3 Å². The van der Waals surface area contributed by atoms with E-state index < -0.39 is 11.3 Å². The molecule has 1 saturated carbocycles. The molecule has 1 atom stereocenters. The number of hydrogen-bond donors (Lipinski definition) is 1. The molecule has 1 aliphatic rings. The van der Waals surface area contributed by atoms with E-state index in [2.05, 4.69) is 10.1 Å². The molecule has 0 bridgehead atoms. The SMILES string of the molecule is COC(=O)C(Cl)CNC(=O)C1CCCCCC1. The Morgan fingerprint density at radius 3 is 2.41 bits per heavy atom. The minimum atomic E-state index is -0.797. The summed E-state index contributed by atoms with van der Waals surface area (Å²) in [5.74, 6) is -0.409. The van der Waals surface area contributed by atoms with E-state index in [0.717, 1.165) is 25.7 Å². The van der Waals surface area contributed by atoms with Crippen LogP contribution in [0.1, 0.15) is 38.5 Å². The van der Waals surface area contributed by atoms with Crippen LogP contribution < -0.4 is 5.32 Å². The van der Waals surface area contributed by atoms with Crippen molar-refractivity contribution in [2.45, 2.75) is 43.9 Å². The van der Waals surface area contributed by atoms with Gasteiger partial charge in [-0.1, -0.05) is 25.7 Å². The van der Waals surface area contributed by atoms with E-state index in [4.69, 9.17) is 11.6 Å². The van der Waals surface area contributed by atoms with Crippen LogP contribution in [0.3, 0.4) is 0 Å². The van der Waals surface area contributed by atoms with Gasteiger partial charge >= 0.3 is 5.97 Å². The lowest BCUT2D eigenvalue weighted by Crippen LogP contribution is -2.37. The third kappa shape index (κ3) is 4.94. The number of rotatable bonds is 4. The predicted molar refractivity (Wildman–Crippen MR) is 65.9 cm³/mol. The zero-order valence-electron chi connectivity index (χ0n) is 10.2. The summed E-state index contributed by atoms with van der Waals surface area (Å²) in [6, 6.07) is 0. The van der Waals surface area contributed by atoms with E-state index in [9.17, 15) is 9.59 Å². The van der Waals surface area contributed by atoms with Gasteiger partial charge in [0.15, 0.2) is 0 Å². The van der Waals surface area contributed by atoms with Crippen molar-refractivity contribution in [2.24, 2.45) is 5.92 Å². The first-order chi connectivity index (χ1) is 8.15. The van der Waals surface area contributed by atoms with E-state index in [0.29, 0.717) is 0 Å². The number of halogens is 1. The number of nitrogens with one attached hydrogen (secondary N) is 1. The molecule has 1 aliphatic carbocycles. The topological polar surface area (TPSA) is 55.4 Å². The fourth-order valence-electron chi connectivity index (χ4n) is 2.09. The van der Waals surface area contributed by atoms with Crippen LogP contribution in [0.2, 0.25) is 0 Å². The Labute approximate surface area is 107 Å². The van der Waals surface area contributed by atoms with Crippen molar-refractivity contribution in [2.75, 3.05) is 13.7 Å². The highest BCUT2D eigenvalue weighted by Gasteiger charge is 2.22. The Bertz CT molecular complexity index is 262. The van der Waals surface area contributed by atoms with Crippen molar-refractivity contribution in [3.05, 3.63) is 0 Å². The molecule has 0 aromatic rings. The summed E-state index contributed by atoms with van der Waals surface area (Å²) in [5, 5.41) is 1.93. The molecule has 4 nitrogen and oxygen atoms in total. The molecule has 0 saturated heterocycles. The number of methoxy groups -OCH3 is 1. The van der Waals surface area contributed by atoms with Gasteiger partial charge in [-0.05, 0) is 12.8 Å². The van der Waals surface area contributed by atoms with Crippen molar-refractivity contribution >= 4 is 23.5 Å². The standard InChI is InChI=1S/C12H20ClNO3/c1-17-12(16)10(13)8-14-11(15)9-6-4-2-3-5-7-9/h9-10H,2-8H2,1H3,(H,14,15). The van der Waals surface area contributed by atoms with Crippen LogP contribution in [0.25, 0.3) is 0 Å². The van der Waals surface area contributed by atoms with Crippen LogP contribution in [0, 0.1) is 5.92 Å². The minimum Gasteiger partial charge on any atom is -0.468 e. The van der Waals surface area contributed by atoms with Crippen molar-refractivity contribution in [3.63, 3.8) is 0 Å². The molecule has 0 spiro atoms. The van der Waals surface area contributed by atoms with E-state index in [1.54, 1.807) is 0 Å². The van der Waals surface area contributed by atoms with E-state index >= 15 is 0 Å². The molecule has 98 valence electrons. The highest BCUT2D eigenvalue weighted by molar-refractivity contribution is 6.30. The molecule has 1 amide bonds. The fourth-order valence-corrected chi connectivity index (χ4v) is 2.25. The fraction of sp³-hybridized carbons (Fsp3) is 0.833. The van der Waals surface area contributed by atoms with Gasteiger partial charge in [-0.25, -0.2) is 0 Å². The highest BCUT2D eigenvalue weighted by Crippen LogP contribution is 2.22. The largest absolute Gasteiger partial charge is 0.468 e. The minimum absolute atomic E-state index is 0.0152. The summed E-state index contributed by atoms with van der Waals surface area (Å²) in [5.41, 5.74) is 0. The third-order valence-corrected chi connectivity index (χ3v) is 3.47. The molecular weight excluding hydrogens is 242 g/mol. The van der Waals surface area contributed by atoms with Crippen molar-refractivity contribution in [1.29, 1.82) is 0 Å². The molecule has 1 N–H and O–H groups in total. The Morgan fingerprint density at radius 1 is 1.29 bits per heavy atom. The molecule has 1 unspecified atom stereocenters. The van der Waals surface area contributed by atoms with Crippen LogP contribution in [0.5, 0.6) is 0 Å². The van der Waals surface area contributed by atoms with Gasteiger partial charge in [-0.2, -0.15) is 0 Å². The Morgan fingerprint density at radius 2 is 1.88 bits per heavy atom. The zero-order chi connectivity index (χ0) is 12.7. The summed E-state index contributed by atoms with van der Waals surface area (Å²) in [6.07, 6.45) is 6.53. The summed E-state index contributed by atoms with van der Waals surface area (Å²) in [7, 11) is 1.28. The van der Waals surface area contributed by atoms with Gasteiger partial charge in [-0.15, -0.1) is 11.6 Å². The lowest BCUT2D eigenvalue weighted by Gasteiger charge is -2.15. The van der Waals surface area contributed by atoms with Gasteiger partial charge in [-0.3, -0.25) is 9.59 Å². The molecule has 1 rings (SSSR count). The van der Waals surface area contributed by atoms with Crippen LogP contribution in [-0.4, -0.2) is 30.9 Å². The number of ether oxygens (including phenoxy) is 1. The summed E-state index contributed by atoms with van der Waals surface area (Å²) in [6.45, 7) is 0.142. The Kier molecular flexibility index (Phi) is 6.34. The molecular formula is C12H20ClNO3. The van der Waals surface area contributed by atoms with Crippen LogP contribution >= 0.6 is 11.6 Å². The van der Waals surface area contributed by atoms with Crippen molar-refractivity contribution < 1.29 is 14.3 Å². The van der Waals surface area contributed by atoms with Gasteiger partial charge in [0, 0.05) is 12.5 Å². The molecule has 0 aliphatic heterocycles. The number of carbonyl (C=O) groups is 2. The molecule has 0 aromatic heterocycles. The van der Waals surface area contributed by atoms with Crippen LogP contribution in [0.4, 0.5) is 0 Å². The molecule has 0 radical (unpaired) electrons. The first-order valence-electron chi connectivity index (χ1n) is 6.14. The van der Waals surface area contributed by atoms with Gasteiger partial charge < -0.3 is 10.1 Å². The van der Waals surface area contributed by atoms with Crippen molar-refractivity contribution in [3.8, 4) is 0 Å². The third-order valence-electron chi connectivity index (χ3n) is 3.14. The van der Waals surface area contributed by atoms with Gasteiger partial charge in [0.2, 0.25) is 5.91 Å². The average Bonchev–Trinajstić information content (AvgIpc) is 2.63. The normalized spacial score (nSPS) is 19.2. The maximum Gasteiger partial charge on any atom is 0.325 e. The number of esters is 1. The van der Waals surface area contributed by atoms with Crippen LogP contribution in [0.15, 0.2) is 0 Å². The second kappa shape index (κ2) is 7.54. The van der Waals surface area contributed by atoms with Gasteiger partial charge in [0.1, 0.15) is 5.38 Å². The summed E-state index contributed by atoms with van der Waals surface area (Å²) in [4.78, 5) is 22.9. The van der Waals surface area contributed by atoms with Gasteiger partial charge in [0.05, 0.1) is 7.11 Å². The zero-order valence-corrected chi connectivity index (χ0v) is 11.0. The van der Waals surface area contributed by atoms with E-state index in [-0.39, 0.29) is 18.4 Å². The Balaban J connectivity index is 2.30. The maximum absolute atomic E-state index is 11.8. The lowest BCUT2D eigenvalue weighted by molar-refractivity contribution is -0.140. The lowest BCUT2D eigenvalue weighted by atomic mass is 9.99. The first kappa shape index (κ1) is 14.3. The number of alkyl halides is 1.